The number of pyridine rings is 1. The lowest BCUT2D eigenvalue weighted by atomic mass is 10.0. The SMILES string of the molecule is N=C(O/C(N)=N/C1N=C(c2ccccc2)c2ccccc2NC1=O)c1ccc(N2CCOCC2)nc1. The number of aliphatic imine (C=N–C) groups is 2. The van der Waals surface area contributed by atoms with Crippen molar-refractivity contribution in [3.8, 4) is 0 Å². The monoisotopic (exact) mass is 483 g/mol. The summed E-state index contributed by atoms with van der Waals surface area (Å²) in [5.41, 5.74) is 9.25. The van der Waals surface area contributed by atoms with Crippen molar-refractivity contribution in [3.05, 3.63) is 89.6 Å². The van der Waals surface area contributed by atoms with Gasteiger partial charge in [-0.15, -0.1) is 0 Å². The quantitative estimate of drug-likeness (QED) is 0.385. The molecule has 0 aliphatic carbocycles. The Labute approximate surface area is 208 Å². The molecule has 36 heavy (non-hydrogen) atoms. The zero-order valence-electron chi connectivity index (χ0n) is 19.4. The first-order valence-electron chi connectivity index (χ1n) is 11.5. The van der Waals surface area contributed by atoms with E-state index in [1.165, 1.54) is 0 Å². The fourth-order valence-corrected chi connectivity index (χ4v) is 3.97. The molecule has 1 unspecified atom stereocenters. The van der Waals surface area contributed by atoms with Gasteiger partial charge in [0, 0.05) is 30.4 Å². The van der Waals surface area contributed by atoms with Gasteiger partial charge in [0.25, 0.3) is 11.9 Å². The fraction of sp³-hybridized carbons (Fsp3) is 0.192. The zero-order chi connectivity index (χ0) is 24.9. The second kappa shape index (κ2) is 10.4. The number of hydrogen-bond acceptors (Lipinski definition) is 8. The smallest absolute Gasteiger partial charge is 0.291 e. The predicted molar refractivity (Wildman–Crippen MR) is 138 cm³/mol. The van der Waals surface area contributed by atoms with Crippen LogP contribution in [0.5, 0.6) is 0 Å². The maximum Gasteiger partial charge on any atom is 0.291 e. The van der Waals surface area contributed by atoms with Crippen LogP contribution in [0.1, 0.15) is 16.7 Å². The summed E-state index contributed by atoms with van der Waals surface area (Å²) in [5.74, 6) is 0.110. The molecule has 5 rings (SSSR count). The van der Waals surface area contributed by atoms with E-state index in [1.807, 2.05) is 54.6 Å². The second-order valence-electron chi connectivity index (χ2n) is 8.16. The maximum absolute atomic E-state index is 12.9. The number of aromatic nitrogens is 1. The Hall–Kier alpha value is -4.57. The number of ether oxygens (including phenoxy) is 2. The number of nitrogens with one attached hydrogen (secondary N) is 2. The zero-order valence-corrected chi connectivity index (χ0v) is 19.4. The van der Waals surface area contributed by atoms with Crippen LogP contribution in [0.4, 0.5) is 11.5 Å². The number of rotatable bonds is 4. The third-order valence-electron chi connectivity index (χ3n) is 5.77. The third kappa shape index (κ3) is 5.08. The average molecular weight is 484 g/mol. The molecule has 0 saturated carbocycles. The highest BCUT2D eigenvalue weighted by Gasteiger charge is 2.26. The number of amides is 1. The van der Waals surface area contributed by atoms with Gasteiger partial charge in [-0.2, -0.15) is 4.99 Å². The summed E-state index contributed by atoms with van der Waals surface area (Å²) in [7, 11) is 0. The topological polar surface area (TPSA) is 138 Å². The highest BCUT2D eigenvalue weighted by atomic mass is 16.5. The largest absolute Gasteiger partial charge is 0.407 e. The van der Waals surface area contributed by atoms with Crippen LogP contribution in [-0.2, 0) is 14.3 Å². The van der Waals surface area contributed by atoms with E-state index in [1.54, 1.807) is 18.3 Å². The van der Waals surface area contributed by atoms with E-state index in [2.05, 4.69) is 25.2 Å². The Morgan fingerprint density at radius 1 is 1.08 bits per heavy atom. The molecule has 2 aliphatic heterocycles. The van der Waals surface area contributed by atoms with E-state index in [-0.39, 0.29) is 11.9 Å². The number of benzene rings is 2. The molecule has 4 N–H and O–H groups in total. The van der Waals surface area contributed by atoms with Crippen LogP contribution in [0.3, 0.4) is 0 Å². The number of amidine groups is 1. The molecule has 3 heterocycles. The third-order valence-corrected chi connectivity index (χ3v) is 5.77. The molecule has 2 aromatic carbocycles. The number of anilines is 2. The number of morpholine rings is 1. The van der Waals surface area contributed by atoms with Gasteiger partial charge in [-0.25, -0.2) is 9.98 Å². The van der Waals surface area contributed by atoms with Crippen molar-refractivity contribution < 1.29 is 14.3 Å². The van der Waals surface area contributed by atoms with Crippen LogP contribution in [0, 0.1) is 5.41 Å². The molecule has 1 aromatic heterocycles. The highest BCUT2D eigenvalue weighted by molar-refractivity contribution is 6.19. The van der Waals surface area contributed by atoms with Crippen molar-refractivity contribution in [3.63, 3.8) is 0 Å². The molecule has 10 heteroatoms. The minimum atomic E-state index is -1.19. The van der Waals surface area contributed by atoms with Crippen molar-refractivity contribution >= 4 is 35.0 Å². The molecule has 2 aliphatic rings. The van der Waals surface area contributed by atoms with Gasteiger partial charge in [-0.3, -0.25) is 10.2 Å². The van der Waals surface area contributed by atoms with Crippen LogP contribution in [0.25, 0.3) is 0 Å². The molecule has 0 bridgehead atoms. The van der Waals surface area contributed by atoms with Crippen LogP contribution < -0.4 is 16.0 Å². The molecule has 1 saturated heterocycles. The van der Waals surface area contributed by atoms with E-state index in [0.29, 0.717) is 30.2 Å². The summed E-state index contributed by atoms with van der Waals surface area (Å²) < 4.78 is 10.8. The van der Waals surface area contributed by atoms with Gasteiger partial charge in [-0.1, -0.05) is 48.5 Å². The predicted octanol–water partition coefficient (Wildman–Crippen LogP) is 2.39. The van der Waals surface area contributed by atoms with Gasteiger partial charge in [0.2, 0.25) is 12.1 Å². The summed E-state index contributed by atoms with van der Waals surface area (Å²) >= 11 is 0. The van der Waals surface area contributed by atoms with Crippen LogP contribution in [0.15, 0.2) is 82.9 Å². The summed E-state index contributed by atoms with van der Waals surface area (Å²) in [6, 6.07) is 20.1. The molecule has 3 aromatic rings. The lowest BCUT2D eigenvalue weighted by Crippen LogP contribution is -2.36. The standard InChI is InChI=1S/C26H25N7O3/c27-23(18-10-11-21(29-16-18)33-12-14-35-15-13-33)36-26(28)32-24-25(34)30-20-9-5-4-8-19(20)22(31-24)17-6-2-1-3-7-17/h1-11,16,24,27H,12-15H2,(H2,28,32)(H,30,34). The van der Waals surface area contributed by atoms with Gasteiger partial charge in [-0.05, 0) is 18.2 Å². The minimum Gasteiger partial charge on any atom is -0.407 e. The Bertz CT molecular complexity index is 1320. The normalized spacial score (nSPS) is 17.9. The van der Waals surface area contributed by atoms with E-state index in [9.17, 15) is 4.79 Å². The highest BCUT2D eigenvalue weighted by Crippen LogP contribution is 2.24. The fourth-order valence-electron chi connectivity index (χ4n) is 3.97. The summed E-state index contributed by atoms with van der Waals surface area (Å²) in [5, 5.41) is 11.1. The number of fused-ring (bicyclic) bond motifs is 1. The van der Waals surface area contributed by atoms with Crippen molar-refractivity contribution in [2.75, 3.05) is 36.5 Å². The Balaban J connectivity index is 1.36. The first kappa shape index (κ1) is 23.2. The van der Waals surface area contributed by atoms with Gasteiger partial charge >= 0.3 is 0 Å². The van der Waals surface area contributed by atoms with Crippen LogP contribution in [-0.4, -0.2) is 61.0 Å². The lowest BCUT2D eigenvalue weighted by Gasteiger charge is -2.27. The van der Waals surface area contributed by atoms with E-state index in [4.69, 9.17) is 20.6 Å². The van der Waals surface area contributed by atoms with Gasteiger partial charge in [0.1, 0.15) is 5.82 Å². The van der Waals surface area contributed by atoms with E-state index < -0.39 is 12.1 Å². The number of benzodiazepines with no additional fused rings is 1. The molecule has 10 nitrogen and oxygen atoms in total. The molecule has 0 spiro atoms. The molecule has 182 valence electrons. The number of carbonyl (C=O) groups is 1. The van der Waals surface area contributed by atoms with Gasteiger partial charge in [0.15, 0.2) is 0 Å². The first-order chi connectivity index (χ1) is 17.6. The molecular formula is C26H25N7O3. The Morgan fingerprint density at radius 3 is 2.58 bits per heavy atom. The van der Waals surface area contributed by atoms with Gasteiger partial charge < -0.3 is 25.4 Å². The Morgan fingerprint density at radius 2 is 1.83 bits per heavy atom. The molecule has 1 amide bonds. The van der Waals surface area contributed by atoms with E-state index >= 15 is 0 Å². The van der Waals surface area contributed by atoms with Crippen molar-refractivity contribution in [2.24, 2.45) is 15.7 Å². The lowest BCUT2D eigenvalue weighted by molar-refractivity contribution is -0.117. The number of para-hydroxylation sites is 1. The molecular weight excluding hydrogens is 458 g/mol. The number of carbonyl (C=O) groups excluding carboxylic acids is 1. The molecule has 0 radical (unpaired) electrons. The minimum absolute atomic E-state index is 0.234. The second-order valence-corrected chi connectivity index (χ2v) is 8.16. The summed E-state index contributed by atoms with van der Waals surface area (Å²) in [4.78, 5) is 28.2. The summed E-state index contributed by atoms with van der Waals surface area (Å²) in [6.45, 7) is 2.84. The molecule has 1 fully saturated rings. The van der Waals surface area contributed by atoms with Crippen molar-refractivity contribution in [2.45, 2.75) is 6.17 Å². The van der Waals surface area contributed by atoms with E-state index in [0.717, 1.165) is 30.0 Å². The van der Waals surface area contributed by atoms with Crippen LogP contribution >= 0.6 is 0 Å². The average Bonchev–Trinajstić information content (AvgIpc) is 3.06. The first-order valence-corrected chi connectivity index (χ1v) is 11.5. The molecule has 1 atom stereocenters. The Kier molecular flexibility index (Phi) is 6.67. The number of nitrogens with zero attached hydrogens (tertiary/aromatic N) is 4. The van der Waals surface area contributed by atoms with Gasteiger partial charge in [0.05, 0.1) is 30.2 Å². The van der Waals surface area contributed by atoms with Crippen LogP contribution in [0.2, 0.25) is 0 Å². The van der Waals surface area contributed by atoms with Crippen molar-refractivity contribution in [1.29, 1.82) is 5.41 Å². The number of hydrogen-bond donors (Lipinski definition) is 3. The maximum atomic E-state index is 12.9. The number of nitrogens with two attached hydrogens (primary N) is 1. The van der Waals surface area contributed by atoms with Crippen molar-refractivity contribution in [1.82, 2.24) is 4.98 Å². The summed E-state index contributed by atoms with van der Waals surface area (Å²) in [6.07, 6.45) is 0.350.